The molecule has 0 fully saturated rings. The van der Waals surface area contributed by atoms with Crippen molar-refractivity contribution < 1.29 is 9.21 Å². The van der Waals surface area contributed by atoms with E-state index >= 15 is 0 Å². The number of fused-ring (bicyclic) bond motifs is 1. The molecule has 4 aromatic rings. The first-order valence-corrected chi connectivity index (χ1v) is 9.11. The highest BCUT2D eigenvalue weighted by molar-refractivity contribution is 5.94. The number of H-pyrrole nitrogens is 1. The number of aromatic amines is 1. The number of pyridine rings is 1. The van der Waals surface area contributed by atoms with Gasteiger partial charge in [0.15, 0.2) is 0 Å². The van der Waals surface area contributed by atoms with Crippen LogP contribution in [0.15, 0.2) is 75.9 Å². The van der Waals surface area contributed by atoms with Crippen LogP contribution in [-0.2, 0) is 0 Å². The summed E-state index contributed by atoms with van der Waals surface area (Å²) in [4.78, 5) is 27.8. The Bertz CT molecular complexity index is 1190. The number of furan rings is 1. The summed E-state index contributed by atoms with van der Waals surface area (Å²) >= 11 is 0. The topological polar surface area (TPSA) is 75.1 Å². The summed E-state index contributed by atoms with van der Waals surface area (Å²) in [6.45, 7) is 3.81. The van der Waals surface area contributed by atoms with Gasteiger partial charge in [-0.05, 0) is 49.7 Å². The zero-order chi connectivity index (χ0) is 19.7. The second-order valence-electron chi connectivity index (χ2n) is 6.87. The first kappa shape index (κ1) is 17.8. The van der Waals surface area contributed by atoms with E-state index in [1.807, 2.05) is 68.4 Å². The SMILES string of the molecule is Cc1cccc(-c2ccc(C(=O)NC(C)c3cc4ccccc4o3)c(=O)[nH]2)c1. The van der Waals surface area contributed by atoms with Gasteiger partial charge in [-0.3, -0.25) is 9.59 Å². The van der Waals surface area contributed by atoms with Crippen LogP contribution in [-0.4, -0.2) is 10.9 Å². The molecule has 28 heavy (non-hydrogen) atoms. The summed E-state index contributed by atoms with van der Waals surface area (Å²) in [5.41, 5.74) is 3.08. The molecule has 0 bridgehead atoms. The van der Waals surface area contributed by atoms with E-state index in [-0.39, 0.29) is 11.6 Å². The average molecular weight is 372 g/mol. The average Bonchev–Trinajstić information content (AvgIpc) is 3.12. The maximum absolute atomic E-state index is 12.6. The van der Waals surface area contributed by atoms with Gasteiger partial charge in [0.25, 0.3) is 11.5 Å². The molecule has 0 aliphatic heterocycles. The van der Waals surface area contributed by atoms with Gasteiger partial charge in [-0.1, -0.05) is 42.0 Å². The number of amides is 1. The van der Waals surface area contributed by atoms with Crippen LogP contribution in [0.2, 0.25) is 0 Å². The van der Waals surface area contributed by atoms with Crippen molar-refractivity contribution in [3.05, 3.63) is 94.0 Å². The second kappa shape index (κ2) is 7.19. The Morgan fingerprint density at radius 3 is 2.61 bits per heavy atom. The van der Waals surface area contributed by atoms with Crippen LogP contribution >= 0.6 is 0 Å². The number of carbonyl (C=O) groups is 1. The maximum Gasteiger partial charge on any atom is 0.261 e. The van der Waals surface area contributed by atoms with Crippen LogP contribution in [0.25, 0.3) is 22.2 Å². The molecule has 5 heteroatoms. The lowest BCUT2D eigenvalue weighted by Gasteiger charge is -2.11. The van der Waals surface area contributed by atoms with E-state index < -0.39 is 11.5 Å². The quantitative estimate of drug-likeness (QED) is 0.550. The van der Waals surface area contributed by atoms with Gasteiger partial charge >= 0.3 is 0 Å². The van der Waals surface area contributed by atoms with Crippen molar-refractivity contribution in [1.29, 1.82) is 0 Å². The molecule has 2 aromatic carbocycles. The van der Waals surface area contributed by atoms with E-state index in [1.54, 1.807) is 12.1 Å². The second-order valence-corrected chi connectivity index (χ2v) is 6.87. The molecular weight excluding hydrogens is 352 g/mol. The number of aromatic nitrogens is 1. The third kappa shape index (κ3) is 3.47. The molecule has 0 aliphatic rings. The molecule has 1 amide bonds. The Balaban J connectivity index is 1.55. The highest BCUT2D eigenvalue weighted by Gasteiger charge is 2.17. The van der Waals surface area contributed by atoms with Gasteiger partial charge in [-0.25, -0.2) is 0 Å². The first-order chi connectivity index (χ1) is 13.5. The Hall–Kier alpha value is -3.60. The van der Waals surface area contributed by atoms with Crippen molar-refractivity contribution in [3.8, 4) is 11.3 Å². The molecule has 140 valence electrons. The Morgan fingerprint density at radius 2 is 1.86 bits per heavy atom. The van der Waals surface area contributed by atoms with Crippen molar-refractivity contribution in [2.45, 2.75) is 19.9 Å². The molecule has 0 radical (unpaired) electrons. The first-order valence-electron chi connectivity index (χ1n) is 9.11. The fourth-order valence-corrected chi connectivity index (χ4v) is 3.19. The van der Waals surface area contributed by atoms with Gasteiger partial charge in [-0.2, -0.15) is 0 Å². The minimum atomic E-state index is -0.440. The molecule has 5 nitrogen and oxygen atoms in total. The minimum Gasteiger partial charge on any atom is -0.459 e. The highest BCUT2D eigenvalue weighted by atomic mass is 16.3. The molecule has 0 saturated carbocycles. The molecule has 4 rings (SSSR count). The van der Waals surface area contributed by atoms with Crippen LogP contribution in [0.5, 0.6) is 0 Å². The van der Waals surface area contributed by atoms with Crippen molar-refractivity contribution in [2.75, 3.05) is 0 Å². The van der Waals surface area contributed by atoms with Gasteiger partial charge in [0, 0.05) is 11.1 Å². The van der Waals surface area contributed by atoms with E-state index in [4.69, 9.17) is 4.42 Å². The summed E-state index contributed by atoms with van der Waals surface area (Å²) in [5, 5.41) is 3.80. The Kier molecular flexibility index (Phi) is 4.57. The molecule has 2 heterocycles. The number of hydrogen-bond donors (Lipinski definition) is 2. The standard InChI is InChI=1S/C23H20N2O3/c1-14-6-5-8-16(12-14)19-11-10-18(23(27)25-19)22(26)24-15(2)21-13-17-7-3-4-9-20(17)28-21/h3-13,15H,1-2H3,(H,24,26)(H,25,27). The summed E-state index contributed by atoms with van der Waals surface area (Å²) in [7, 11) is 0. The van der Waals surface area contributed by atoms with Crippen molar-refractivity contribution in [3.63, 3.8) is 0 Å². The number of aryl methyl sites for hydroxylation is 1. The van der Waals surface area contributed by atoms with Gasteiger partial charge in [0.1, 0.15) is 16.9 Å². The van der Waals surface area contributed by atoms with Gasteiger partial charge < -0.3 is 14.7 Å². The lowest BCUT2D eigenvalue weighted by atomic mass is 10.1. The number of rotatable bonds is 4. The molecule has 0 saturated heterocycles. The van der Waals surface area contributed by atoms with E-state index in [0.717, 1.165) is 22.1 Å². The molecular formula is C23H20N2O3. The maximum atomic E-state index is 12.6. The highest BCUT2D eigenvalue weighted by Crippen LogP contribution is 2.24. The van der Waals surface area contributed by atoms with Crippen LogP contribution in [0, 0.1) is 6.92 Å². The smallest absolute Gasteiger partial charge is 0.261 e. The monoisotopic (exact) mass is 372 g/mol. The molecule has 1 atom stereocenters. The van der Waals surface area contributed by atoms with E-state index in [0.29, 0.717) is 11.5 Å². The summed E-state index contributed by atoms with van der Waals surface area (Å²) < 4.78 is 5.78. The van der Waals surface area contributed by atoms with Crippen molar-refractivity contribution in [2.24, 2.45) is 0 Å². The van der Waals surface area contributed by atoms with Crippen LogP contribution in [0.3, 0.4) is 0 Å². The third-order valence-electron chi connectivity index (χ3n) is 4.70. The fraction of sp³-hybridized carbons (Fsp3) is 0.130. The van der Waals surface area contributed by atoms with Crippen LogP contribution in [0.4, 0.5) is 0 Å². The van der Waals surface area contributed by atoms with Gasteiger partial charge in [0.05, 0.1) is 6.04 Å². The predicted octanol–water partition coefficient (Wildman–Crippen LogP) is 4.59. The Labute approximate surface area is 162 Å². The minimum absolute atomic E-state index is 0.0689. The number of para-hydroxylation sites is 1. The lowest BCUT2D eigenvalue weighted by Crippen LogP contribution is -2.31. The van der Waals surface area contributed by atoms with E-state index in [2.05, 4.69) is 10.3 Å². The van der Waals surface area contributed by atoms with Crippen LogP contribution < -0.4 is 10.9 Å². The van der Waals surface area contributed by atoms with E-state index in [1.165, 1.54) is 0 Å². The number of carbonyl (C=O) groups excluding carboxylic acids is 1. The third-order valence-corrected chi connectivity index (χ3v) is 4.70. The van der Waals surface area contributed by atoms with Crippen molar-refractivity contribution in [1.82, 2.24) is 10.3 Å². The summed E-state index contributed by atoms with van der Waals surface area (Å²) in [6, 6.07) is 20.3. The predicted molar refractivity (Wildman–Crippen MR) is 109 cm³/mol. The molecule has 2 aromatic heterocycles. The van der Waals surface area contributed by atoms with Crippen molar-refractivity contribution >= 4 is 16.9 Å². The fourth-order valence-electron chi connectivity index (χ4n) is 3.19. The summed E-state index contributed by atoms with van der Waals surface area (Å²) in [6.07, 6.45) is 0. The summed E-state index contributed by atoms with van der Waals surface area (Å²) in [5.74, 6) is 0.201. The Morgan fingerprint density at radius 1 is 1.04 bits per heavy atom. The largest absolute Gasteiger partial charge is 0.459 e. The number of benzene rings is 2. The molecule has 2 N–H and O–H groups in total. The molecule has 0 aliphatic carbocycles. The number of nitrogens with one attached hydrogen (secondary N) is 2. The van der Waals surface area contributed by atoms with Crippen LogP contribution in [0.1, 0.15) is 34.6 Å². The normalized spacial score (nSPS) is 12.1. The van der Waals surface area contributed by atoms with Gasteiger partial charge in [-0.15, -0.1) is 0 Å². The zero-order valence-corrected chi connectivity index (χ0v) is 15.7. The van der Waals surface area contributed by atoms with Gasteiger partial charge in [0.2, 0.25) is 0 Å². The molecule has 0 spiro atoms. The van der Waals surface area contributed by atoms with E-state index in [9.17, 15) is 9.59 Å². The number of hydrogen-bond acceptors (Lipinski definition) is 3. The lowest BCUT2D eigenvalue weighted by molar-refractivity contribution is 0.0934. The molecule has 1 unspecified atom stereocenters. The zero-order valence-electron chi connectivity index (χ0n) is 15.7.